The lowest BCUT2D eigenvalue weighted by Crippen LogP contribution is -2.11. The zero-order valence-electron chi connectivity index (χ0n) is 9.81. The van der Waals surface area contributed by atoms with Crippen LogP contribution in [0, 0.1) is 0 Å². The predicted octanol–water partition coefficient (Wildman–Crippen LogP) is 3.48. The Labute approximate surface area is 97.4 Å². The van der Waals surface area contributed by atoms with Crippen molar-refractivity contribution in [2.75, 3.05) is 7.11 Å². The Morgan fingerprint density at radius 3 is 2.29 bits per heavy atom. The molecular weight excluding hydrogens is 233 g/mol. The zero-order valence-corrected chi connectivity index (χ0v) is 9.81. The van der Waals surface area contributed by atoms with Crippen LogP contribution in [-0.2, 0) is 12.6 Å². The summed E-state index contributed by atoms with van der Waals surface area (Å²) in [7, 11) is 1.33. The number of ketones is 1. The molecule has 0 aliphatic rings. The standard InChI is InChI=1S/C12H13F3O2/c1-4-8-5-11(17-3)9(7(2)16)6-10(8)12(13,14)15/h5-6H,4H2,1-3H3. The lowest BCUT2D eigenvalue weighted by Gasteiger charge is -2.15. The van der Waals surface area contributed by atoms with Gasteiger partial charge in [0.1, 0.15) is 5.75 Å². The monoisotopic (exact) mass is 246 g/mol. The van der Waals surface area contributed by atoms with E-state index < -0.39 is 17.5 Å². The molecule has 1 aromatic rings. The van der Waals surface area contributed by atoms with E-state index in [0.717, 1.165) is 6.07 Å². The van der Waals surface area contributed by atoms with E-state index in [4.69, 9.17) is 4.74 Å². The highest BCUT2D eigenvalue weighted by Crippen LogP contribution is 2.36. The van der Waals surface area contributed by atoms with Crippen molar-refractivity contribution in [2.24, 2.45) is 0 Å². The van der Waals surface area contributed by atoms with Crippen molar-refractivity contribution >= 4 is 5.78 Å². The van der Waals surface area contributed by atoms with Gasteiger partial charge in [-0.15, -0.1) is 0 Å². The third kappa shape index (κ3) is 2.78. The van der Waals surface area contributed by atoms with E-state index in [1.54, 1.807) is 6.92 Å². The van der Waals surface area contributed by atoms with Crippen molar-refractivity contribution in [3.63, 3.8) is 0 Å². The van der Waals surface area contributed by atoms with Gasteiger partial charge >= 0.3 is 6.18 Å². The van der Waals surface area contributed by atoms with Crippen LogP contribution in [0.2, 0.25) is 0 Å². The lowest BCUT2D eigenvalue weighted by molar-refractivity contribution is -0.138. The molecule has 0 spiro atoms. The van der Waals surface area contributed by atoms with Crippen LogP contribution >= 0.6 is 0 Å². The molecule has 0 amide bonds. The van der Waals surface area contributed by atoms with Crippen LogP contribution in [-0.4, -0.2) is 12.9 Å². The van der Waals surface area contributed by atoms with E-state index in [2.05, 4.69) is 0 Å². The molecule has 0 aliphatic heterocycles. The van der Waals surface area contributed by atoms with Crippen LogP contribution in [0.3, 0.4) is 0 Å². The van der Waals surface area contributed by atoms with Gasteiger partial charge in [-0.3, -0.25) is 4.79 Å². The number of Topliss-reactive ketones (excluding diaryl/α,β-unsaturated/α-hetero) is 1. The first kappa shape index (κ1) is 13.5. The Morgan fingerprint density at radius 2 is 1.94 bits per heavy atom. The van der Waals surface area contributed by atoms with Crippen molar-refractivity contribution < 1.29 is 22.7 Å². The van der Waals surface area contributed by atoms with Crippen LogP contribution in [0.1, 0.15) is 35.3 Å². The molecule has 0 saturated carbocycles. The van der Waals surface area contributed by atoms with Crippen molar-refractivity contribution in [2.45, 2.75) is 26.4 Å². The normalized spacial score (nSPS) is 11.4. The maximum absolute atomic E-state index is 12.8. The van der Waals surface area contributed by atoms with E-state index in [1.807, 2.05) is 0 Å². The second-order valence-corrected chi connectivity index (χ2v) is 3.62. The first-order chi connectivity index (χ1) is 7.81. The van der Waals surface area contributed by atoms with Crippen molar-refractivity contribution in [1.29, 1.82) is 0 Å². The van der Waals surface area contributed by atoms with Gasteiger partial charge in [0.25, 0.3) is 0 Å². The third-order valence-electron chi connectivity index (χ3n) is 2.49. The summed E-state index contributed by atoms with van der Waals surface area (Å²) in [5, 5.41) is 0. The van der Waals surface area contributed by atoms with Gasteiger partial charge in [0.05, 0.1) is 18.2 Å². The highest BCUT2D eigenvalue weighted by Gasteiger charge is 2.34. The predicted molar refractivity (Wildman–Crippen MR) is 57.4 cm³/mol. The van der Waals surface area contributed by atoms with E-state index >= 15 is 0 Å². The summed E-state index contributed by atoms with van der Waals surface area (Å²) in [6, 6.07) is 2.14. The van der Waals surface area contributed by atoms with E-state index in [-0.39, 0.29) is 23.3 Å². The van der Waals surface area contributed by atoms with Crippen molar-refractivity contribution in [3.05, 3.63) is 28.8 Å². The minimum Gasteiger partial charge on any atom is -0.496 e. The van der Waals surface area contributed by atoms with Gasteiger partial charge < -0.3 is 4.74 Å². The van der Waals surface area contributed by atoms with Crippen LogP contribution in [0.25, 0.3) is 0 Å². The average Bonchev–Trinajstić information content (AvgIpc) is 2.25. The minimum absolute atomic E-state index is 0.0444. The molecule has 0 unspecified atom stereocenters. The van der Waals surface area contributed by atoms with Crippen LogP contribution in [0.4, 0.5) is 13.2 Å². The first-order valence-electron chi connectivity index (χ1n) is 5.10. The van der Waals surface area contributed by atoms with Crippen LogP contribution in [0.5, 0.6) is 5.75 Å². The van der Waals surface area contributed by atoms with Gasteiger partial charge in [-0.25, -0.2) is 0 Å². The highest BCUT2D eigenvalue weighted by atomic mass is 19.4. The molecule has 0 aromatic heterocycles. The topological polar surface area (TPSA) is 26.3 Å². The SMILES string of the molecule is CCc1cc(OC)c(C(C)=O)cc1C(F)(F)F. The summed E-state index contributed by atoms with van der Waals surface area (Å²) in [6.07, 6.45) is -4.23. The summed E-state index contributed by atoms with van der Waals surface area (Å²) in [6.45, 7) is 2.83. The maximum Gasteiger partial charge on any atom is 0.416 e. The number of halogens is 3. The molecule has 0 heterocycles. The fraction of sp³-hybridized carbons (Fsp3) is 0.417. The summed E-state index contributed by atoms with van der Waals surface area (Å²) in [4.78, 5) is 11.3. The Hall–Kier alpha value is -1.52. The molecule has 1 rings (SSSR count). The number of alkyl halides is 3. The average molecular weight is 246 g/mol. The van der Waals surface area contributed by atoms with Gasteiger partial charge in [-0.2, -0.15) is 13.2 Å². The van der Waals surface area contributed by atoms with E-state index in [1.165, 1.54) is 20.1 Å². The number of hydrogen-bond donors (Lipinski definition) is 0. The molecule has 0 N–H and O–H groups in total. The summed E-state index contributed by atoms with van der Waals surface area (Å²) >= 11 is 0. The molecule has 0 bridgehead atoms. The smallest absolute Gasteiger partial charge is 0.416 e. The summed E-state index contributed by atoms with van der Waals surface area (Å²) in [5.74, 6) is -0.266. The molecule has 5 heteroatoms. The number of carbonyl (C=O) groups is 1. The Bertz CT molecular complexity index is 436. The molecule has 2 nitrogen and oxygen atoms in total. The highest BCUT2D eigenvalue weighted by molar-refractivity contribution is 5.97. The summed E-state index contributed by atoms with van der Waals surface area (Å²) < 4.78 is 43.2. The van der Waals surface area contributed by atoms with Gasteiger partial charge in [0.15, 0.2) is 5.78 Å². The van der Waals surface area contributed by atoms with Gasteiger partial charge in [0.2, 0.25) is 0 Å². The van der Waals surface area contributed by atoms with Crippen LogP contribution < -0.4 is 4.74 Å². The second-order valence-electron chi connectivity index (χ2n) is 3.62. The number of aryl methyl sites for hydroxylation is 1. The Balaban J connectivity index is 3.50. The number of methoxy groups -OCH3 is 1. The van der Waals surface area contributed by atoms with Gasteiger partial charge in [0, 0.05) is 0 Å². The largest absolute Gasteiger partial charge is 0.496 e. The molecular formula is C12H13F3O2. The van der Waals surface area contributed by atoms with Crippen LogP contribution in [0.15, 0.2) is 12.1 Å². The van der Waals surface area contributed by atoms with Gasteiger partial charge in [-0.05, 0) is 31.0 Å². The number of benzene rings is 1. The second kappa shape index (κ2) is 4.77. The van der Waals surface area contributed by atoms with Crippen molar-refractivity contribution in [1.82, 2.24) is 0 Å². The number of hydrogen-bond acceptors (Lipinski definition) is 2. The molecule has 0 radical (unpaired) electrons. The molecule has 0 atom stereocenters. The number of ether oxygens (including phenoxy) is 1. The summed E-state index contributed by atoms with van der Waals surface area (Å²) in [5.41, 5.74) is -0.692. The third-order valence-corrected chi connectivity index (χ3v) is 2.49. The van der Waals surface area contributed by atoms with E-state index in [0.29, 0.717) is 0 Å². The minimum atomic E-state index is -4.46. The molecule has 1 aromatic carbocycles. The molecule has 0 fully saturated rings. The fourth-order valence-corrected chi connectivity index (χ4v) is 1.62. The number of rotatable bonds is 3. The lowest BCUT2D eigenvalue weighted by atomic mass is 9.99. The fourth-order valence-electron chi connectivity index (χ4n) is 1.62. The number of carbonyl (C=O) groups excluding carboxylic acids is 1. The molecule has 94 valence electrons. The Kier molecular flexibility index (Phi) is 3.80. The molecule has 0 aliphatic carbocycles. The van der Waals surface area contributed by atoms with Gasteiger partial charge in [-0.1, -0.05) is 6.92 Å². The van der Waals surface area contributed by atoms with Crippen molar-refractivity contribution in [3.8, 4) is 5.75 Å². The first-order valence-corrected chi connectivity index (χ1v) is 5.10. The quantitative estimate of drug-likeness (QED) is 0.763. The molecule has 0 saturated heterocycles. The maximum atomic E-state index is 12.8. The Morgan fingerprint density at radius 1 is 1.35 bits per heavy atom. The molecule has 17 heavy (non-hydrogen) atoms. The zero-order chi connectivity index (χ0) is 13.2. The van der Waals surface area contributed by atoms with E-state index in [9.17, 15) is 18.0 Å².